The predicted octanol–water partition coefficient (Wildman–Crippen LogP) is 4.44. The highest BCUT2D eigenvalue weighted by Gasteiger charge is 2.20. The topological polar surface area (TPSA) is 91.7 Å². The molecular weight excluding hydrogens is 450 g/mol. The van der Waals surface area contributed by atoms with Crippen LogP contribution in [-0.2, 0) is 19.5 Å². The van der Waals surface area contributed by atoms with Crippen LogP contribution < -0.4 is 9.62 Å². The van der Waals surface area contributed by atoms with E-state index in [1.807, 2.05) is 31.2 Å². The van der Waals surface area contributed by atoms with E-state index in [4.69, 9.17) is 9.47 Å². The van der Waals surface area contributed by atoms with E-state index >= 15 is 0 Å². The zero-order valence-electron chi connectivity index (χ0n) is 20.3. The zero-order valence-corrected chi connectivity index (χ0v) is 21.1. The third-order valence-electron chi connectivity index (χ3n) is 5.98. The van der Waals surface area contributed by atoms with Gasteiger partial charge < -0.3 is 14.4 Å². The highest BCUT2D eigenvalue weighted by molar-refractivity contribution is 7.93. The van der Waals surface area contributed by atoms with E-state index in [0.29, 0.717) is 25.2 Å². The summed E-state index contributed by atoms with van der Waals surface area (Å²) in [5.74, 6) is 0. The summed E-state index contributed by atoms with van der Waals surface area (Å²) in [6.45, 7) is 6.69. The number of ether oxygens (including phenoxy) is 2. The van der Waals surface area contributed by atoms with Gasteiger partial charge in [-0.25, -0.2) is 13.1 Å². The third kappa shape index (κ3) is 7.28. The minimum absolute atomic E-state index is 0.0628. The Morgan fingerprint density at radius 2 is 1.85 bits per heavy atom. The van der Waals surface area contributed by atoms with Gasteiger partial charge in [0.1, 0.15) is 6.07 Å². The molecule has 1 aliphatic heterocycles. The van der Waals surface area contributed by atoms with E-state index in [0.717, 1.165) is 23.9 Å². The van der Waals surface area contributed by atoms with Crippen LogP contribution in [0.5, 0.6) is 0 Å². The molecule has 0 radical (unpaired) electrons. The zero-order chi connectivity index (χ0) is 24.6. The minimum Gasteiger partial charge on any atom is -0.382 e. The van der Waals surface area contributed by atoms with E-state index < -0.39 is 10.0 Å². The van der Waals surface area contributed by atoms with E-state index in [1.165, 1.54) is 31.0 Å². The number of methoxy groups -OCH3 is 1. The SMILES string of the molecule is COCC(C)OCCC(C)NS(=O)(=O)/C(C#N)=C/c1ccc2cc(N3CCCCC3)ccc2c1. The molecule has 1 heterocycles. The van der Waals surface area contributed by atoms with Gasteiger partial charge in [0.2, 0.25) is 0 Å². The Morgan fingerprint density at radius 1 is 1.15 bits per heavy atom. The van der Waals surface area contributed by atoms with E-state index in [9.17, 15) is 13.7 Å². The number of fused-ring (bicyclic) bond motifs is 1. The molecule has 1 N–H and O–H groups in total. The van der Waals surface area contributed by atoms with Crippen LogP contribution in [0.1, 0.15) is 45.1 Å². The molecule has 7 nitrogen and oxygen atoms in total. The molecule has 1 fully saturated rings. The first-order chi connectivity index (χ1) is 16.3. The number of piperidine rings is 1. The first-order valence-electron chi connectivity index (χ1n) is 11.9. The number of anilines is 1. The summed E-state index contributed by atoms with van der Waals surface area (Å²) in [6.07, 6.45) is 5.58. The first-order valence-corrected chi connectivity index (χ1v) is 13.3. The Balaban J connectivity index is 1.69. The maximum absolute atomic E-state index is 12.8. The average Bonchev–Trinajstić information content (AvgIpc) is 2.82. The Morgan fingerprint density at radius 3 is 2.56 bits per heavy atom. The monoisotopic (exact) mass is 485 g/mol. The fraction of sp³-hybridized carbons (Fsp3) is 0.500. The van der Waals surface area contributed by atoms with Gasteiger partial charge in [-0.15, -0.1) is 0 Å². The van der Waals surface area contributed by atoms with Gasteiger partial charge in [0.15, 0.2) is 4.91 Å². The summed E-state index contributed by atoms with van der Waals surface area (Å²) in [7, 11) is -2.34. The Bertz CT molecular complexity index is 1130. The van der Waals surface area contributed by atoms with Crippen molar-refractivity contribution in [2.24, 2.45) is 0 Å². The number of allylic oxidation sites excluding steroid dienone is 1. The molecular formula is C26H35N3O4S. The van der Waals surface area contributed by atoms with Gasteiger partial charge in [-0.3, -0.25) is 0 Å². The summed E-state index contributed by atoms with van der Waals surface area (Å²) >= 11 is 0. The predicted molar refractivity (Wildman–Crippen MR) is 137 cm³/mol. The van der Waals surface area contributed by atoms with Crippen LogP contribution in [0.15, 0.2) is 41.3 Å². The molecule has 1 aliphatic rings. The van der Waals surface area contributed by atoms with Gasteiger partial charge in [-0.05, 0) is 80.1 Å². The Hall–Kier alpha value is -2.44. The number of rotatable bonds is 11. The second-order valence-electron chi connectivity index (χ2n) is 8.91. The molecule has 3 rings (SSSR count). The third-order valence-corrected chi connectivity index (χ3v) is 7.48. The van der Waals surface area contributed by atoms with E-state index in [1.54, 1.807) is 14.0 Å². The highest BCUT2D eigenvalue weighted by atomic mass is 32.2. The molecule has 2 atom stereocenters. The molecule has 0 aliphatic carbocycles. The molecule has 2 aromatic carbocycles. The second-order valence-corrected chi connectivity index (χ2v) is 10.6. The van der Waals surface area contributed by atoms with Crippen LogP contribution >= 0.6 is 0 Å². The maximum atomic E-state index is 12.8. The van der Waals surface area contributed by atoms with Crippen LogP contribution in [0.2, 0.25) is 0 Å². The lowest BCUT2D eigenvalue weighted by molar-refractivity contribution is 0.00666. The van der Waals surface area contributed by atoms with Crippen LogP contribution in [-0.4, -0.2) is 54.0 Å². The normalized spacial score (nSPS) is 16.9. The van der Waals surface area contributed by atoms with Crippen molar-refractivity contribution in [2.75, 3.05) is 38.3 Å². The molecule has 0 spiro atoms. The summed E-state index contributed by atoms with van der Waals surface area (Å²) in [5.41, 5.74) is 1.89. The molecule has 0 amide bonds. The number of sulfonamides is 1. The number of nitrogens with zero attached hydrogens (tertiary/aromatic N) is 2. The van der Waals surface area contributed by atoms with Crippen molar-refractivity contribution in [1.29, 1.82) is 5.26 Å². The van der Waals surface area contributed by atoms with Gasteiger partial charge in [0, 0.05) is 38.5 Å². The van der Waals surface area contributed by atoms with Gasteiger partial charge in [-0.2, -0.15) is 5.26 Å². The van der Waals surface area contributed by atoms with Gasteiger partial charge in [0.25, 0.3) is 10.0 Å². The maximum Gasteiger partial charge on any atom is 0.250 e. The quantitative estimate of drug-likeness (QED) is 0.473. The van der Waals surface area contributed by atoms with Crippen LogP contribution in [0, 0.1) is 11.3 Å². The number of hydrogen-bond donors (Lipinski definition) is 1. The minimum atomic E-state index is -3.94. The molecule has 8 heteroatoms. The van der Waals surface area contributed by atoms with Crippen molar-refractivity contribution in [1.82, 2.24) is 4.72 Å². The molecule has 0 aromatic heterocycles. The molecule has 34 heavy (non-hydrogen) atoms. The summed E-state index contributed by atoms with van der Waals surface area (Å²) in [6, 6.07) is 13.6. The fourth-order valence-electron chi connectivity index (χ4n) is 4.13. The van der Waals surface area contributed by atoms with Crippen LogP contribution in [0.3, 0.4) is 0 Å². The van der Waals surface area contributed by atoms with E-state index in [2.05, 4.69) is 27.8 Å². The molecule has 184 valence electrons. The van der Waals surface area contributed by atoms with Crippen LogP contribution in [0.4, 0.5) is 5.69 Å². The lowest BCUT2D eigenvalue weighted by Crippen LogP contribution is -2.34. The molecule has 2 unspecified atom stereocenters. The Labute approximate surface area is 203 Å². The second kappa shape index (κ2) is 12.3. The number of nitrogens with one attached hydrogen (secondary N) is 1. The number of hydrogen-bond acceptors (Lipinski definition) is 6. The standard InChI is InChI=1S/C26H35N3O4S/c1-20(11-14-33-21(2)19-32-3)28-34(30,31)26(18-27)16-22-7-8-24-17-25(10-9-23(24)15-22)29-12-5-4-6-13-29/h7-10,15-17,20-21,28H,4-6,11-14,19H2,1-3H3/b26-16+. The number of benzene rings is 2. The van der Waals surface area contributed by atoms with Crippen molar-refractivity contribution < 1.29 is 17.9 Å². The largest absolute Gasteiger partial charge is 0.382 e. The van der Waals surface area contributed by atoms with Gasteiger partial charge >= 0.3 is 0 Å². The average molecular weight is 486 g/mol. The van der Waals surface area contributed by atoms with Crippen molar-refractivity contribution in [2.45, 2.75) is 51.7 Å². The summed E-state index contributed by atoms with van der Waals surface area (Å²) in [5, 5.41) is 11.7. The van der Waals surface area contributed by atoms with E-state index in [-0.39, 0.29) is 17.1 Å². The molecule has 1 saturated heterocycles. The van der Waals surface area contributed by atoms with Gasteiger partial charge in [0.05, 0.1) is 12.7 Å². The Kier molecular flexibility index (Phi) is 9.48. The van der Waals surface area contributed by atoms with Crippen LogP contribution in [0.25, 0.3) is 16.8 Å². The van der Waals surface area contributed by atoms with Crippen molar-refractivity contribution in [3.63, 3.8) is 0 Å². The molecule has 2 aromatic rings. The smallest absolute Gasteiger partial charge is 0.250 e. The molecule has 0 bridgehead atoms. The molecule has 0 saturated carbocycles. The van der Waals surface area contributed by atoms with Gasteiger partial charge in [-0.1, -0.05) is 18.2 Å². The first kappa shape index (κ1) is 26.2. The lowest BCUT2D eigenvalue weighted by atomic mass is 10.0. The highest BCUT2D eigenvalue weighted by Crippen LogP contribution is 2.26. The number of nitriles is 1. The van der Waals surface area contributed by atoms with Crippen molar-refractivity contribution in [3.05, 3.63) is 46.9 Å². The summed E-state index contributed by atoms with van der Waals surface area (Å²) < 4.78 is 38.8. The van der Waals surface area contributed by atoms with Crippen molar-refractivity contribution >= 4 is 32.6 Å². The fourth-order valence-corrected chi connectivity index (χ4v) is 5.31. The lowest BCUT2D eigenvalue weighted by Gasteiger charge is -2.29. The summed E-state index contributed by atoms with van der Waals surface area (Å²) in [4.78, 5) is 2.10. The van der Waals surface area contributed by atoms with Crippen molar-refractivity contribution in [3.8, 4) is 6.07 Å².